The molecule has 150 valence electrons. The van der Waals surface area contributed by atoms with Crippen molar-refractivity contribution in [1.82, 2.24) is 14.7 Å². The van der Waals surface area contributed by atoms with E-state index in [0.717, 1.165) is 25.8 Å². The van der Waals surface area contributed by atoms with Crippen LogP contribution in [0.5, 0.6) is 5.75 Å². The molecule has 0 spiro atoms. The summed E-state index contributed by atoms with van der Waals surface area (Å²) < 4.78 is 7.56. The Labute approximate surface area is 165 Å². The summed E-state index contributed by atoms with van der Waals surface area (Å²) in [5.74, 6) is 0.641. The zero-order valence-corrected chi connectivity index (χ0v) is 16.3. The number of rotatable bonds is 8. The summed E-state index contributed by atoms with van der Waals surface area (Å²) in [7, 11) is 0. The largest absolute Gasteiger partial charge is 0.492 e. The Morgan fingerprint density at radius 3 is 3.00 bits per heavy atom. The maximum absolute atomic E-state index is 12.7. The number of piperidine rings is 1. The molecule has 0 radical (unpaired) electrons. The number of nitrogens with zero attached hydrogens (tertiary/aromatic N) is 3. The van der Waals surface area contributed by atoms with Gasteiger partial charge in [0.2, 0.25) is 11.8 Å². The van der Waals surface area contributed by atoms with Gasteiger partial charge in [-0.05, 0) is 37.5 Å². The Hall–Kier alpha value is -2.83. The molecule has 28 heavy (non-hydrogen) atoms. The second-order valence-corrected chi connectivity index (χ2v) is 7.06. The normalized spacial score (nSPS) is 16.6. The van der Waals surface area contributed by atoms with Gasteiger partial charge in [-0.25, -0.2) is 0 Å². The second-order valence-electron chi connectivity index (χ2n) is 7.06. The summed E-state index contributed by atoms with van der Waals surface area (Å²) in [6, 6.07) is 9.27. The van der Waals surface area contributed by atoms with Crippen LogP contribution in [-0.4, -0.2) is 46.2 Å². The molecule has 1 saturated heterocycles. The zero-order valence-electron chi connectivity index (χ0n) is 16.3. The van der Waals surface area contributed by atoms with Gasteiger partial charge in [-0.15, -0.1) is 0 Å². The number of ether oxygens (including phenoxy) is 1. The highest BCUT2D eigenvalue weighted by molar-refractivity contribution is 5.93. The first-order chi connectivity index (χ1) is 13.7. The zero-order chi connectivity index (χ0) is 19.8. The van der Waals surface area contributed by atoms with E-state index in [1.807, 2.05) is 48.4 Å². The van der Waals surface area contributed by atoms with Gasteiger partial charge in [-0.2, -0.15) is 5.10 Å². The Kier molecular flexibility index (Phi) is 7.06. The number of benzene rings is 1. The van der Waals surface area contributed by atoms with Gasteiger partial charge in [0.1, 0.15) is 12.4 Å². The van der Waals surface area contributed by atoms with Crippen LogP contribution in [0, 0.1) is 5.92 Å². The molecule has 1 atom stereocenters. The molecule has 0 aliphatic carbocycles. The number of carbonyl (C=O) groups excluding carboxylic acids is 2. The molecule has 1 aliphatic heterocycles. The number of nitrogens with one attached hydrogen (secondary N) is 1. The van der Waals surface area contributed by atoms with E-state index in [9.17, 15) is 9.59 Å². The summed E-state index contributed by atoms with van der Waals surface area (Å²) >= 11 is 0. The van der Waals surface area contributed by atoms with Crippen molar-refractivity contribution in [3.05, 3.63) is 42.7 Å². The molecular formula is C21H28N4O3. The average Bonchev–Trinajstić information content (AvgIpc) is 3.22. The highest BCUT2D eigenvalue weighted by Gasteiger charge is 2.28. The van der Waals surface area contributed by atoms with Crippen LogP contribution in [0.25, 0.3) is 0 Å². The molecule has 7 nitrogen and oxygen atoms in total. The Bertz CT molecular complexity index is 776. The minimum Gasteiger partial charge on any atom is -0.492 e. The van der Waals surface area contributed by atoms with Gasteiger partial charge in [0, 0.05) is 43.7 Å². The number of likely N-dealkylation sites (tertiary alicyclic amines) is 1. The quantitative estimate of drug-likeness (QED) is 0.759. The van der Waals surface area contributed by atoms with Crippen LogP contribution in [-0.2, 0) is 16.1 Å². The Morgan fingerprint density at radius 1 is 1.32 bits per heavy atom. The highest BCUT2D eigenvalue weighted by atomic mass is 16.5. The molecule has 2 aromatic rings. The minimum absolute atomic E-state index is 0.0392. The average molecular weight is 384 g/mol. The number of hydrogen-bond acceptors (Lipinski definition) is 4. The molecule has 2 heterocycles. The molecule has 0 saturated carbocycles. The molecule has 0 bridgehead atoms. The van der Waals surface area contributed by atoms with E-state index in [-0.39, 0.29) is 17.7 Å². The van der Waals surface area contributed by atoms with Gasteiger partial charge < -0.3 is 15.0 Å². The van der Waals surface area contributed by atoms with Crippen LogP contribution < -0.4 is 10.1 Å². The lowest BCUT2D eigenvalue weighted by molar-refractivity contribution is -0.134. The summed E-state index contributed by atoms with van der Waals surface area (Å²) in [4.78, 5) is 26.6. The predicted octanol–water partition coefficient (Wildman–Crippen LogP) is 2.94. The molecular weight excluding hydrogens is 356 g/mol. The summed E-state index contributed by atoms with van der Waals surface area (Å²) in [5.41, 5.74) is 0.707. The Balaban J connectivity index is 1.51. The van der Waals surface area contributed by atoms with Crippen molar-refractivity contribution in [2.45, 2.75) is 39.2 Å². The van der Waals surface area contributed by atoms with Gasteiger partial charge in [0.15, 0.2) is 0 Å². The predicted molar refractivity (Wildman–Crippen MR) is 107 cm³/mol. The summed E-state index contributed by atoms with van der Waals surface area (Å²) in [6.45, 7) is 4.41. The molecule has 1 unspecified atom stereocenters. The first-order valence-corrected chi connectivity index (χ1v) is 9.94. The second kappa shape index (κ2) is 9.92. The minimum atomic E-state index is -0.168. The van der Waals surface area contributed by atoms with Crippen molar-refractivity contribution in [2.75, 3.05) is 25.0 Å². The van der Waals surface area contributed by atoms with Gasteiger partial charge in [-0.1, -0.05) is 13.0 Å². The fourth-order valence-electron chi connectivity index (χ4n) is 3.39. The molecule has 2 amide bonds. The maximum Gasteiger partial charge on any atom is 0.229 e. The molecule has 1 aromatic carbocycles. The standard InChI is InChI=1S/C21H28N4O3/c1-2-6-20(26)24-11-4-7-17(16-24)21(27)23-18-8-3-9-19(15-18)28-14-13-25-12-5-10-22-25/h3,5,8-10,12,15,17H,2,4,6-7,11,13-14,16H2,1H3,(H,23,27). The van der Waals surface area contributed by atoms with Crippen molar-refractivity contribution in [1.29, 1.82) is 0 Å². The Morgan fingerprint density at radius 2 is 2.21 bits per heavy atom. The van der Waals surface area contributed by atoms with Crippen molar-refractivity contribution in [3.8, 4) is 5.75 Å². The van der Waals surface area contributed by atoms with Crippen LogP contribution in [0.1, 0.15) is 32.6 Å². The molecule has 1 N–H and O–H groups in total. The van der Waals surface area contributed by atoms with E-state index in [2.05, 4.69) is 10.4 Å². The van der Waals surface area contributed by atoms with E-state index in [1.54, 1.807) is 10.9 Å². The van der Waals surface area contributed by atoms with Crippen LogP contribution in [0.15, 0.2) is 42.7 Å². The third-order valence-corrected chi connectivity index (χ3v) is 4.86. The monoisotopic (exact) mass is 384 g/mol. The van der Waals surface area contributed by atoms with Crippen molar-refractivity contribution in [3.63, 3.8) is 0 Å². The van der Waals surface area contributed by atoms with Crippen LogP contribution in [0.4, 0.5) is 5.69 Å². The fourth-order valence-corrected chi connectivity index (χ4v) is 3.39. The van der Waals surface area contributed by atoms with Crippen LogP contribution in [0.3, 0.4) is 0 Å². The smallest absolute Gasteiger partial charge is 0.229 e. The fraction of sp³-hybridized carbons (Fsp3) is 0.476. The first-order valence-electron chi connectivity index (χ1n) is 9.94. The number of hydrogen-bond donors (Lipinski definition) is 1. The third kappa shape index (κ3) is 5.58. The van der Waals surface area contributed by atoms with Crippen LogP contribution in [0.2, 0.25) is 0 Å². The van der Waals surface area contributed by atoms with E-state index >= 15 is 0 Å². The van der Waals surface area contributed by atoms with E-state index in [0.29, 0.717) is 37.6 Å². The number of aromatic nitrogens is 2. The highest BCUT2D eigenvalue weighted by Crippen LogP contribution is 2.22. The lowest BCUT2D eigenvalue weighted by atomic mass is 9.96. The number of anilines is 1. The molecule has 3 rings (SSSR count). The van der Waals surface area contributed by atoms with Gasteiger partial charge >= 0.3 is 0 Å². The third-order valence-electron chi connectivity index (χ3n) is 4.86. The SMILES string of the molecule is CCCC(=O)N1CCCC(C(=O)Nc2cccc(OCCn3cccn3)c2)C1. The van der Waals surface area contributed by atoms with Gasteiger partial charge in [-0.3, -0.25) is 14.3 Å². The lowest BCUT2D eigenvalue weighted by Crippen LogP contribution is -2.43. The molecule has 1 aliphatic rings. The van der Waals surface area contributed by atoms with Gasteiger partial charge in [0.05, 0.1) is 12.5 Å². The maximum atomic E-state index is 12.7. The van der Waals surface area contributed by atoms with E-state index in [4.69, 9.17) is 4.74 Å². The topological polar surface area (TPSA) is 76.5 Å². The van der Waals surface area contributed by atoms with Crippen molar-refractivity contribution in [2.24, 2.45) is 5.92 Å². The summed E-state index contributed by atoms with van der Waals surface area (Å²) in [5, 5.41) is 7.11. The van der Waals surface area contributed by atoms with E-state index < -0.39 is 0 Å². The molecule has 1 fully saturated rings. The van der Waals surface area contributed by atoms with E-state index in [1.165, 1.54) is 0 Å². The van der Waals surface area contributed by atoms with Crippen molar-refractivity contribution < 1.29 is 14.3 Å². The molecule has 7 heteroatoms. The number of carbonyl (C=O) groups is 2. The molecule has 1 aromatic heterocycles. The van der Waals surface area contributed by atoms with Crippen LogP contribution >= 0.6 is 0 Å². The summed E-state index contributed by atoms with van der Waals surface area (Å²) in [6.07, 6.45) is 6.68. The number of amides is 2. The first kappa shape index (κ1) is 19.9. The van der Waals surface area contributed by atoms with Crippen molar-refractivity contribution >= 4 is 17.5 Å². The lowest BCUT2D eigenvalue weighted by Gasteiger charge is -2.32. The van der Waals surface area contributed by atoms with Gasteiger partial charge in [0.25, 0.3) is 0 Å².